The number of ether oxygens (including phenoxy) is 1. The summed E-state index contributed by atoms with van der Waals surface area (Å²) in [5.41, 5.74) is -0.539. The number of amides is 1. The maximum absolute atomic E-state index is 11.9. The minimum Gasteiger partial charge on any atom is -0.450 e. The van der Waals surface area contributed by atoms with Gasteiger partial charge in [-0.25, -0.2) is 0 Å². The van der Waals surface area contributed by atoms with E-state index in [1.54, 1.807) is 24.3 Å². The number of aliphatic hydroxyl groups is 1. The highest BCUT2D eigenvalue weighted by Gasteiger charge is 2.30. The van der Waals surface area contributed by atoms with Crippen LogP contribution in [0.3, 0.4) is 0 Å². The monoisotopic (exact) mass is 313 g/mol. The number of hydrogen-bond acceptors (Lipinski definition) is 4. The number of carbonyl (C=O) groups excluding carboxylic acids is 2. The molecule has 1 rings (SSSR count). The SMILES string of the molecule is CC(=O)OC(C)(C)C(=O)NCC[C@H](O)c1cccc(Cl)c1. The highest BCUT2D eigenvalue weighted by atomic mass is 35.5. The van der Waals surface area contributed by atoms with Crippen molar-refractivity contribution in [1.29, 1.82) is 0 Å². The van der Waals surface area contributed by atoms with E-state index in [0.717, 1.165) is 0 Å². The van der Waals surface area contributed by atoms with E-state index in [0.29, 0.717) is 17.0 Å². The molecule has 5 nitrogen and oxygen atoms in total. The van der Waals surface area contributed by atoms with Gasteiger partial charge < -0.3 is 15.2 Å². The van der Waals surface area contributed by atoms with Crippen LogP contribution in [0.15, 0.2) is 24.3 Å². The van der Waals surface area contributed by atoms with Crippen molar-refractivity contribution in [2.45, 2.75) is 38.9 Å². The molecule has 1 amide bonds. The Morgan fingerprint density at radius 2 is 2.10 bits per heavy atom. The maximum Gasteiger partial charge on any atom is 0.303 e. The summed E-state index contributed by atoms with van der Waals surface area (Å²) in [6.07, 6.45) is -0.386. The minimum atomic E-state index is -1.23. The van der Waals surface area contributed by atoms with Crippen molar-refractivity contribution >= 4 is 23.5 Å². The van der Waals surface area contributed by atoms with Gasteiger partial charge in [0.05, 0.1) is 6.10 Å². The van der Waals surface area contributed by atoms with Gasteiger partial charge in [0.1, 0.15) is 0 Å². The molecule has 1 atom stereocenters. The summed E-state index contributed by atoms with van der Waals surface area (Å²) in [6, 6.07) is 6.92. The quantitative estimate of drug-likeness (QED) is 0.790. The molecule has 6 heteroatoms. The van der Waals surface area contributed by atoms with Gasteiger partial charge in [0.2, 0.25) is 0 Å². The number of nitrogens with one attached hydrogen (secondary N) is 1. The molecule has 0 saturated heterocycles. The summed E-state index contributed by atoms with van der Waals surface area (Å²) in [5.74, 6) is -0.926. The van der Waals surface area contributed by atoms with Crippen LogP contribution in [0.25, 0.3) is 0 Å². The van der Waals surface area contributed by atoms with E-state index in [4.69, 9.17) is 16.3 Å². The van der Waals surface area contributed by atoms with E-state index in [-0.39, 0.29) is 6.54 Å². The number of rotatable bonds is 6. The van der Waals surface area contributed by atoms with E-state index < -0.39 is 23.6 Å². The normalized spacial score (nSPS) is 12.6. The molecular weight excluding hydrogens is 294 g/mol. The molecule has 0 aliphatic heterocycles. The first-order chi connectivity index (χ1) is 9.72. The minimum absolute atomic E-state index is 0.261. The van der Waals surface area contributed by atoms with E-state index >= 15 is 0 Å². The van der Waals surface area contributed by atoms with Crippen LogP contribution in [0.4, 0.5) is 0 Å². The lowest BCUT2D eigenvalue weighted by Gasteiger charge is -2.23. The van der Waals surface area contributed by atoms with Crippen LogP contribution >= 0.6 is 11.6 Å². The number of esters is 1. The molecule has 2 N–H and O–H groups in total. The molecule has 21 heavy (non-hydrogen) atoms. The summed E-state index contributed by atoms with van der Waals surface area (Å²) in [7, 11) is 0. The molecule has 0 spiro atoms. The molecule has 1 aromatic carbocycles. The second-order valence-electron chi connectivity index (χ2n) is 5.22. The first-order valence-corrected chi connectivity index (χ1v) is 7.01. The zero-order valence-electron chi connectivity index (χ0n) is 12.4. The number of benzene rings is 1. The van der Waals surface area contributed by atoms with Gasteiger partial charge in [0.25, 0.3) is 5.91 Å². The maximum atomic E-state index is 11.9. The van der Waals surface area contributed by atoms with Crippen molar-refractivity contribution in [1.82, 2.24) is 5.32 Å². The predicted molar refractivity (Wildman–Crippen MR) is 79.9 cm³/mol. The van der Waals surface area contributed by atoms with Crippen LogP contribution in [-0.2, 0) is 14.3 Å². The summed E-state index contributed by atoms with van der Waals surface area (Å²) in [4.78, 5) is 22.8. The van der Waals surface area contributed by atoms with Crippen molar-refractivity contribution in [3.05, 3.63) is 34.9 Å². The van der Waals surface area contributed by atoms with Gasteiger partial charge in [0, 0.05) is 18.5 Å². The second kappa shape index (κ2) is 7.43. The Hall–Kier alpha value is -1.59. The third-order valence-electron chi connectivity index (χ3n) is 2.88. The van der Waals surface area contributed by atoms with Crippen LogP contribution in [0.1, 0.15) is 38.9 Å². The first kappa shape index (κ1) is 17.5. The molecular formula is C15H20ClNO4. The summed E-state index contributed by atoms with van der Waals surface area (Å²) >= 11 is 5.85. The van der Waals surface area contributed by atoms with E-state index in [1.807, 2.05) is 0 Å². The van der Waals surface area contributed by atoms with E-state index in [2.05, 4.69) is 5.32 Å². The third-order valence-corrected chi connectivity index (χ3v) is 3.12. The topological polar surface area (TPSA) is 75.6 Å². The van der Waals surface area contributed by atoms with E-state index in [1.165, 1.54) is 20.8 Å². The number of carbonyl (C=O) groups is 2. The van der Waals surface area contributed by atoms with Crippen LogP contribution in [0.2, 0.25) is 5.02 Å². The standard InChI is InChI=1S/C15H20ClNO4/c1-10(18)21-15(2,3)14(20)17-8-7-13(19)11-5-4-6-12(16)9-11/h4-6,9,13,19H,7-8H2,1-3H3,(H,17,20)/t13-/m0/s1. The molecule has 0 aliphatic carbocycles. The van der Waals surface area contributed by atoms with Crippen LogP contribution in [0.5, 0.6) is 0 Å². The van der Waals surface area contributed by atoms with Crippen LogP contribution < -0.4 is 5.32 Å². The fourth-order valence-electron chi connectivity index (χ4n) is 1.82. The number of hydrogen-bond donors (Lipinski definition) is 2. The highest BCUT2D eigenvalue weighted by molar-refractivity contribution is 6.30. The predicted octanol–water partition coefficient (Wildman–Crippen LogP) is 2.22. The molecule has 0 bridgehead atoms. The van der Waals surface area contributed by atoms with Crippen molar-refractivity contribution in [3.8, 4) is 0 Å². The van der Waals surface area contributed by atoms with Crippen molar-refractivity contribution in [2.24, 2.45) is 0 Å². The Kier molecular flexibility index (Phi) is 6.18. The lowest BCUT2D eigenvalue weighted by Crippen LogP contribution is -2.45. The largest absolute Gasteiger partial charge is 0.450 e. The molecule has 0 aliphatic rings. The molecule has 0 fully saturated rings. The van der Waals surface area contributed by atoms with Gasteiger partial charge in [-0.3, -0.25) is 9.59 Å². The number of aliphatic hydroxyl groups excluding tert-OH is 1. The van der Waals surface area contributed by atoms with Crippen molar-refractivity contribution in [3.63, 3.8) is 0 Å². The van der Waals surface area contributed by atoms with Gasteiger partial charge in [-0.2, -0.15) is 0 Å². The van der Waals surface area contributed by atoms with Crippen molar-refractivity contribution in [2.75, 3.05) is 6.54 Å². The lowest BCUT2D eigenvalue weighted by atomic mass is 10.1. The molecule has 116 valence electrons. The summed E-state index contributed by atoms with van der Waals surface area (Å²) < 4.78 is 4.93. The van der Waals surface area contributed by atoms with Crippen LogP contribution in [-0.4, -0.2) is 29.1 Å². The van der Waals surface area contributed by atoms with Gasteiger partial charge in [-0.05, 0) is 38.0 Å². The fourth-order valence-corrected chi connectivity index (χ4v) is 2.02. The second-order valence-corrected chi connectivity index (χ2v) is 5.66. The Morgan fingerprint density at radius 1 is 1.43 bits per heavy atom. The Morgan fingerprint density at radius 3 is 2.67 bits per heavy atom. The zero-order valence-corrected chi connectivity index (χ0v) is 13.1. The average Bonchev–Trinajstić information content (AvgIpc) is 2.36. The molecule has 0 heterocycles. The first-order valence-electron chi connectivity index (χ1n) is 6.64. The molecule has 1 aromatic rings. The Bertz CT molecular complexity index is 516. The smallest absolute Gasteiger partial charge is 0.303 e. The van der Waals surface area contributed by atoms with Gasteiger partial charge in [-0.15, -0.1) is 0 Å². The molecule has 0 unspecified atom stereocenters. The number of halogens is 1. The summed E-state index contributed by atoms with van der Waals surface area (Å²) in [5, 5.41) is 13.2. The van der Waals surface area contributed by atoms with E-state index in [9.17, 15) is 14.7 Å². The van der Waals surface area contributed by atoms with Gasteiger partial charge in [-0.1, -0.05) is 23.7 Å². The average molecular weight is 314 g/mol. The molecule has 0 saturated carbocycles. The zero-order chi connectivity index (χ0) is 16.0. The summed E-state index contributed by atoms with van der Waals surface area (Å²) in [6.45, 7) is 4.53. The van der Waals surface area contributed by atoms with Gasteiger partial charge >= 0.3 is 5.97 Å². The molecule has 0 radical (unpaired) electrons. The Balaban J connectivity index is 2.46. The van der Waals surface area contributed by atoms with Gasteiger partial charge in [0.15, 0.2) is 5.60 Å². The third kappa shape index (κ3) is 5.73. The highest BCUT2D eigenvalue weighted by Crippen LogP contribution is 2.20. The van der Waals surface area contributed by atoms with Crippen molar-refractivity contribution < 1.29 is 19.4 Å². The molecule has 0 aromatic heterocycles. The fraction of sp³-hybridized carbons (Fsp3) is 0.467. The lowest BCUT2D eigenvalue weighted by molar-refractivity contribution is -0.162. The Labute approximate surface area is 129 Å². The van der Waals surface area contributed by atoms with Crippen LogP contribution in [0, 0.1) is 0 Å².